The number of methoxy groups -OCH3 is 1. The molecule has 0 atom stereocenters. The number of fused-ring (bicyclic) bond motifs is 1. The summed E-state index contributed by atoms with van der Waals surface area (Å²) in [4.78, 5) is 8.52. The molecule has 1 aromatic heterocycles. The van der Waals surface area contributed by atoms with Crippen LogP contribution in [0.25, 0.3) is 10.9 Å². The highest BCUT2D eigenvalue weighted by Gasteiger charge is 2.28. The minimum Gasteiger partial charge on any atom is -0.497 e. The van der Waals surface area contributed by atoms with E-state index >= 15 is 0 Å². The van der Waals surface area contributed by atoms with Crippen molar-refractivity contribution in [3.8, 4) is 17.4 Å². The smallest absolute Gasteiger partial charge is 0.250 e. The molecule has 1 heterocycles. The number of aromatic nitrogens is 2. The first-order chi connectivity index (χ1) is 11.0. The predicted molar refractivity (Wildman–Crippen MR) is 91.8 cm³/mol. The van der Waals surface area contributed by atoms with E-state index in [0.29, 0.717) is 17.1 Å². The third kappa shape index (κ3) is 3.61. The highest BCUT2D eigenvalue weighted by atomic mass is 35.6. The van der Waals surface area contributed by atoms with Gasteiger partial charge in [-0.2, -0.15) is 4.98 Å². The second-order valence-corrected chi connectivity index (χ2v) is 6.93. The first kappa shape index (κ1) is 16.1. The highest BCUT2D eigenvalue weighted by molar-refractivity contribution is 6.66. The van der Waals surface area contributed by atoms with Crippen molar-refractivity contribution in [1.29, 1.82) is 0 Å². The van der Waals surface area contributed by atoms with Crippen LogP contribution in [-0.4, -0.2) is 17.1 Å². The van der Waals surface area contributed by atoms with Crippen LogP contribution in [0.2, 0.25) is 0 Å². The van der Waals surface area contributed by atoms with E-state index in [4.69, 9.17) is 44.3 Å². The van der Waals surface area contributed by atoms with Gasteiger partial charge >= 0.3 is 0 Å². The van der Waals surface area contributed by atoms with E-state index in [1.165, 1.54) is 0 Å². The number of hydrogen-bond donors (Lipinski definition) is 0. The van der Waals surface area contributed by atoms with E-state index < -0.39 is 3.79 Å². The average molecular weight is 370 g/mol. The van der Waals surface area contributed by atoms with Crippen molar-refractivity contribution in [2.24, 2.45) is 0 Å². The minimum atomic E-state index is -1.73. The summed E-state index contributed by atoms with van der Waals surface area (Å²) in [5, 5.41) is 0.723. The molecule has 3 rings (SSSR count). The summed E-state index contributed by atoms with van der Waals surface area (Å²) in [6.45, 7) is 0. The Labute approximate surface area is 147 Å². The van der Waals surface area contributed by atoms with E-state index in [1.54, 1.807) is 37.4 Å². The van der Waals surface area contributed by atoms with Crippen LogP contribution < -0.4 is 9.47 Å². The lowest BCUT2D eigenvalue weighted by atomic mass is 10.2. The van der Waals surface area contributed by atoms with Crippen LogP contribution in [0.5, 0.6) is 17.4 Å². The topological polar surface area (TPSA) is 44.2 Å². The van der Waals surface area contributed by atoms with Gasteiger partial charge in [-0.05, 0) is 36.4 Å². The lowest BCUT2D eigenvalue weighted by molar-refractivity contribution is 0.412. The fraction of sp³-hybridized carbons (Fsp3) is 0.125. The Morgan fingerprint density at radius 3 is 2.17 bits per heavy atom. The molecule has 0 bridgehead atoms. The highest BCUT2D eigenvalue weighted by Crippen LogP contribution is 2.38. The van der Waals surface area contributed by atoms with Crippen LogP contribution >= 0.6 is 34.8 Å². The molecule has 118 valence electrons. The molecule has 0 saturated heterocycles. The monoisotopic (exact) mass is 368 g/mol. The maximum atomic E-state index is 5.91. The average Bonchev–Trinajstić information content (AvgIpc) is 2.54. The van der Waals surface area contributed by atoms with Crippen molar-refractivity contribution in [3.05, 3.63) is 54.4 Å². The Balaban J connectivity index is 2.07. The Hall–Kier alpha value is -1.75. The van der Waals surface area contributed by atoms with Gasteiger partial charge < -0.3 is 9.47 Å². The maximum absolute atomic E-state index is 5.91. The Morgan fingerprint density at radius 2 is 1.52 bits per heavy atom. The Kier molecular flexibility index (Phi) is 4.48. The molecule has 0 aliphatic heterocycles. The van der Waals surface area contributed by atoms with Crippen LogP contribution in [0.3, 0.4) is 0 Å². The molecule has 0 aliphatic rings. The van der Waals surface area contributed by atoms with Gasteiger partial charge in [0, 0.05) is 0 Å². The molecule has 0 amide bonds. The van der Waals surface area contributed by atoms with Crippen molar-refractivity contribution in [2.45, 2.75) is 3.79 Å². The lowest BCUT2D eigenvalue weighted by Crippen LogP contribution is -2.08. The van der Waals surface area contributed by atoms with Crippen molar-refractivity contribution in [1.82, 2.24) is 9.97 Å². The second kappa shape index (κ2) is 6.40. The summed E-state index contributed by atoms with van der Waals surface area (Å²) in [6.07, 6.45) is 0. The molecular weight excluding hydrogens is 359 g/mol. The Bertz CT molecular complexity index is 833. The number of rotatable bonds is 3. The standard InChI is InChI=1S/C16H11Cl3N2O2/c1-22-10-6-8-11(9-7-10)23-14-12-4-2-3-5-13(12)20-15(21-14)16(17,18)19/h2-9H,1H3. The van der Waals surface area contributed by atoms with Gasteiger partial charge in [0.1, 0.15) is 11.5 Å². The largest absolute Gasteiger partial charge is 0.497 e. The van der Waals surface area contributed by atoms with Gasteiger partial charge in [-0.1, -0.05) is 46.9 Å². The quantitative estimate of drug-likeness (QED) is 0.591. The van der Waals surface area contributed by atoms with Crippen molar-refractivity contribution in [2.75, 3.05) is 7.11 Å². The first-order valence-corrected chi connectivity index (χ1v) is 7.76. The van der Waals surface area contributed by atoms with Crippen LogP contribution in [0.4, 0.5) is 0 Å². The van der Waals surface area contributed by atoms with Crippen molar-refractivity contribution >= 4 is 45.7 Å². The molecule has 7 heteroatoms. The summed E-state index contributed by atoms with van der Waals surface area (Å²) in [5.74, 6) is 1.70. The first-order valence-electron chi connectivity index (χ1n) is 6.63. The number of nitrogens with zero attached hydrogens (tertiary/aromatic N) is 2. The lowest BCUT2D eigenvalue weighted by Gasteiger charge is -2.13. The number of benzene rings is 2. The van der Waals surface area contributed by atoms with Crippen LogP contribution in [0, 0.1) is 0 Å². The minimum absolute atomic E-state index is 0.0599. The summed E-state index contributed by atoms with van der Waals surface area (Å²) in [6, 6.07) is 14.5. The van der Waals surface area contributed by atoms with Gasteiger partial charge in [0.05, 0.1) is 18.0 Å². The van der Waals surface area contributed by atoms with E-state index in [9.17, 15) is 0 Å². The zero-order valence-corrected chi connectivity index (χ0v) is 14.2. The fourth-order valence-electron chi connectivity index (χ4n) is 2.01. The summed E-state index contributed by atoms with van der Waals surface area (Å²) < 4.78 is 9.23. The number of ether oxygens (including phenoxy) is 2. The molecule has 3 aromatic rings. The normalized spacial score (nSPS) is 11.5. The van der Waals surface area contributed by atoms with Gasteiger partial charge in [-0.3, -0.25) is 0 Å². The third-order valence-electron chi connectivity index (χ3n) is 3.10. The van der Waals surface area contributed by atoms with Crippen molar-refractivity contribution in [3.63, 3.8) is 0 Å². The van der Waals surface area contributed by atoms with Gasteiger partial charge in [0.15, 0.2) is 5.82 Å². The second-order valence-electron chi connectivity index (χ2n) is 4.64. The summed E-state index contributed by atoms with van der Waals surface area (Å²) in [5.41, 5.74) is 0.632. The van der Waals surface area contributed by atoms with Crippen LogP contribution in [0.1, 0.15) is 5.82 Å². The Morgan fingerprint density at radius 1 is 0.870 bits per heavy atom. The molecule has 0 aliphatic carbocycles. The van der Waals surface area contributed by atoms with E-state index in [2.05, 4.69) is 9.97 Å². The SMILES string of the molecule is COc1ccc(Oc2nc(C(Cl)(Cl)Cl)nc3ccccc23)cc1. The maximum Gasteiger partial charge on any atom is 0.250 e. The van der Waals surface area contributed by atoms with Crippen LogP contribution in [-0.2, 0) is 3.79 Å². The summed E-state index contributed by atoms with van der Waals surface area (Å²) >= 11 is 17.7. The number of alkyl halides is 3. The molecule has 2 aromatic carbocycles. The zero-order valence-electron chi connectivity index (χ0n) is 12.0. The number of para-hydroxylation sites is 1. The third-order valence-corrected chi connectivity index (χ3v) is 3.60. The number of halogens is 3. The van der Waals surface area contributed by atoms with Crippen molar-refractivity contribution < 1.29 is 9.47 Å². The molecule has 0 fully saturated rings. The van der Waals surface area contributed by atoms with Gasteiger partial charge in [0.25, 0.3) is 0 Å². The molecule has 4 nitrogen and oxygen atoms in total. The molecule has 0 unspecified atom stereocenters. The molecule has 0 spiro atoms. The van der Waals surface area contributed by atoms with E-state index in [0.717, 1.165) is 11.1 Å². The van der Waals surface area contributed by atoms with Gasteiger partial charge in [0.2, 0.25) is 9.67 Å². The van der Waals surface area contributed by atoms with E-state index in [-0.39, 0.29) is 5.82 Å². The molecule has 0 saturated carbocycles. The zero-order chi connectivity index (χ0) is 16.4. The molecule has 23 heavy (non-hydrogen) atoms. The predicted octanol–water partition coefficient (Wildman–Crippen LogP) is 5.26. The molecule has 0 N–H and O–H groups in total. The molecular formula is C16H11Cl3N2O2. The number of hydrogen-bond acceptors (Lipinski definition) is 4. The summed E-state index contributed by atoms with van der Waals surface area (Å²) in [7, 11) is 1.60. The van der Waals surface area contributed by atoms with Gasteiger partial charge in [-0.15, -0.1) is 0 Å². The fourth-order valence-corrected chi connectivity index (χ4v) is 2.26. The molecule has 0 radical (unpaired) electrons. The van der Waals surface area contributed by atoms with E-state index in [1.807, 2.05) is 18.2 Å². The van der Waals surface area contributed by atoms with Gasteiger partial charge in [-0.25, -0.2) is 4.98 Å². The van der Waals surface area contributed by atoms with Crippen LogP contribution in [0.15, 0.2) is 48.5 Å².